The molecule has 1 heteroatoms. The van der Waals surface area contributed by atoms with Gasteiger partial charge < -0.3 is 5.32 Å². The molecular formula is C32H33N. The molecule has 0 aromatic heterocycles. The predicted molar refractivity (Wildman–Crippen MR) is 142 cm³/mol. The number of benzene rings is 4. The molecule has 1 aliphatic rings. The van der Waals surface area contributed by atoms with Crippen molar-refractivity contribution in [3.63, 3.8) is 0 Å². The Morgan fingerprint density at radius 2 is 1.06 bits per heavy atom. The summed E-state index contributed by atoms with van der Waals surface area (Å²) in [5.41, 5.74) is 10.7. The fourth-order valence-corrected chi connectivity index (χ4v) is 5.09. The van der Waals surface area contributed by atoms with Gasteiger partial charge in [0.2, 0.25) is 0 Å². The van der Waals surface area contributed by atoms with E-state index in [1.807, 2.05) is 0 Å². The van der Waals surface area contributed by atoms with Gasteiger partial charge in [-0.1, -0.05) is 100 Å². The van der Waals surface area contributed by atoms with Crippen LogP contribution in [-0.2, 0) is 10.8 Å². The molecule has 0 spiro atoms. The maximum Gasteiger partial charge on any atom is 0.0390 e. The van der Waals surface area contributed by atoms with Gasteiger partial charge in [-0.3, -0.25) is 0 Å². The number of fused-ring (bicyclic) bond motifs is 1. The highest BCUT2D eigenvalue weighted by atomic mass is 14.9. The lowest BCUT2D eigenvalue weighted by atomic mass is 9.63. The lowest BCUT2D eigenvalue weighted by Crippen LogP contribution is -2.33. The first-order chi connectivity index (χ1) is 15.8. The van der Waals surface area contributed by atoms with Gasteiger partial charge >= 0.3 is 0 Å². The van der Waals surface area contributed by atoms with Gasteiger partial charge in [0.25, 0.3) is 0 Å². The van der Waals surface area contributed by atoms with Crippen LogP contribution in [-0.4, -0.2) is 0 Å². The summed E-state index contributed by atoms with van der Waals surface area (Å²) in [6.45, 7) is 9.55. The van der Waals surface area contributed by atoms with Crippen molar-refractivity contribution in [2.45, 2.75) is 51.4 Å². The molecule has 33 heavy (non-hydrogen) atoms. The molecule has 0 heterocycles. The van der Waals surface area contributed by atoms with Crippen LogP contribution in [0.15, 0.2) is 97.1 Å². The van der Waals surface area contributed by atoms with Crippen LogP contribution < -0.4 is 5.32 Å². The molecule has 0 amide bonds. The second kappa shape index (κ2) is 8.23. The third-order valence-electron chi connectivity index (χ3n) is 7.33. The number of nitrogens with one attached hydrogen (secondary N) is 1. The van der Waals surface area contributed by atoms with Crippen LogP contribution in [0.25, 0.3) is 22.3 Å². The smallest absolute Gasteiger partial charge is 0.0390 e. The quantitative estimate of drug-likeness (QED) is 0.340. The predicted octanol–water partition coefficient (Wildman–Crippen LogP) is 9.11. The minimum absolute atomic E-state index is 0.228. The Morgan fingerprint density at radius 3 is 1.79 bits per heavy atom. The Hall–Kier alpha value is -3.32. The van der Waals surface area contributed by atoms with Gasteiger partial charge in [-0.25, -0.2) is 0 Å². The molecule has 4 aromatic carbocycles. The van der Waals surface area contributed by atoms with E-state index in [1.54, 1.807) is 0 Å². The Labute approximate surface area is 198 Å². The number of hydrogen-bond acceptors (Lipinski definition) is 1. The second-order valence-electron chi connectivity index (χ2n) is 10.7. The monoisotopic (exact) mass is 431 g/mol. The van der Waals surface area contributed by atoms with Gasteiger partial charge in [0.1, 0.15) is 0 Å². The summed E-state index contributed by atoms with van der Waals surface area (Å²) < 4.78 is 0. The van der Waals surface area contributed by atoms with Gasteiger partial charge in [0, 0.05) is 11.4 Å². The number of anilines is 2. The van der Waals surface area contributed by atoms with Crippen molar-refractivity contribution in [1.29, 1.82) is 0 Å². The molecule has 0 saturated heterocycles. The molecule has 0 atom stereocenters. The van der Waals surface area contributed by atoms with Gasteiger partial charge in [0.05, 0.1) is 0 Å². The minimum atomic E-state index is 0.228. The summed E-state index contributed by atoms with van der Waals surface area (Å²) >= 11 is 0. The maximum atomic E-state index is 3.57. The second-order valence-corrected chi connectivity index (χ2v) is 10.7. The van der Waals surface area contributed by atoms with E-state index in [-0.39, 0.29) is 10.8 Å². The molecule has 0 aliphatic heterocycles. The van der Waals surface area contributed by atoms with Gasteiger partial charge in [-0.2, -0.15) is 0 Å². The van der Waals surface area contributed by atoms with Gasteiger partial charge in [-0.15, -0.1) is 0 Å². The molecule has 1 nitrogen and oxygen atoms in total. The topological polar surface area (TPSA) is 12.0 Å². The fourth-order valence-electron chi connectivity index (χ4n) is 5.09. The van der Waals surface area contributed by atoms with Crippen molar-refractivity contribution in [3.05, 3.63) is 108 Å². The van der Waals surface area contributed by atoms with Crippen LogP contribution in [0.3, 0.4) is 0 Å². The Balaban J connectivity index is 1.39. The Kier molecular flexibility index (Phi) is 5.37. The standard InChI is InChI=1S/C32H33N/c1-31(2)19-20-32(3,4)30-22-26(15-18-29(30)31)24-13-16-27(17-14-24)33-28-12-8-11-25(21-28)23-9-6-5-7-10-23/h5-18,21-22,33H,19-20H2,1-4H3. The van der Waals surface area contributed by atoms with Crippen LogP contribution in [0.4, 0.5) is 11.4 Å². The molecule has 0 radical (unpaired) electrons. The van der Waals surface area contributed by atoms with Gasteiger partial charge in [0.15, 0.2) is 0 Å². The zero-order valence-corrected chi connectivity index (χ0v) is 20.2. The molecule has 0 bridgehead atoms. The minimum Gasteiger partial charge on any atom is -0.356 e. The van der Waals surface area contributed by atoms with Crippen LogP contribution in [0.5, 0.6) is 0 Å². The van der Waals surface area contributed by atoms with E-state index in [9.17, 15) is 0 Å². The van der Waals surface area contributed by atoms with E-state index in [1.165, 1.54) is 46.2 Å². The number of rotatable bonds is 4. The highest BCUT2D eigenvalue weighted by Gasteiger charge is 2.36. The first-order valence-electron chi connectivity index (χ1n) is 12.0. The zero-order valence-electron chi connectivity index (χ0n) is 20.2. The SMILES string of the molecule is CC1(C)CCC(C)(C)c2cc(-c3ccc(Nc4cccc(-c5ccccc5)c4)cc3)ccc21. The normalized spacial score (nSPS) is 16.1. The maximum absolute atomic E-state index is 3.57. The summed E-state index contributed by atoms with van der Waals surface area (Å²) in [5, 5.41) is 3.57. The largest absolute Gasteiger partial charge is 0.356 e. The lowest BCUT2D eigenvalue weighted by molar-refractivity contribution is 0.332. The third kappa shape index (κ3) is 4.33. The number of hydrogen-bond donors (Lipinski definition) is 1. The molecule has 1 aliphatic carbocycles. The summed E-state index contributed by atoms with van der Waals surface area (Å²) in [4.78, 5) is 0. The molecule has 4 aromatic rings. The van der Waals surface area contributed by atoms with Crippen LogP contribution in [0.1, 0.15) is 51.7 Å². The van der Waals surface area contributed by atoms with Crippen LogP contribution in [0.2, 0.25) is 0 Å². The third-order valence-corrected chi connectivity index (χ3v) is 7.33. The van der Waals surface area contributed by atoms with Crippen molar-refractivity contribution in [2.75, 3.05) is 5.32 Å². The van der Waals surface area contributed by atoms with Crippen molar-refractivity contribution < 1.29 is 0 Å². The van der Waals surface area contributed by atoms with E-state index < -0.39 is 0 Å². The van der Waals surface area contributed by atoms with E-state index in [2.05, 4.69) is 130 Å². The highest BCUT2D eigenvalue weighted by molar-refractivity contribution is 5.73. The summed E-state index contributed by atoms with van der Waals surface area (Å²) in [5.74, 6) is 0. The van der Waals surface area contributed by atoms with Crippen molar-refractivity contribution >= 4 is 11.4 Å². The summed E-state index contributed by atoms with van der Waals surface area (Å²) in [6.07, 6.45) is 2.49. The van der Waals surface area contributed by atoms with Crippen molar-refractivity contribution in [2.24, 2.45) is 0 Å². The molecular weight excluding hydrogens is 398 g/mol. The zero-order chi connectivity index (χ0) is 23.1. The molecule has 166 valence electrons. The van der Waals surface area contributed by atoms with Gasteiger partial charge in [-0.05, 0) is 81.3 Å². The van der Waals surface area contributed by atoms with E-state index >= 15 is 0 Å². The highest BCUT2D eigenvalue weighted by Crippen LogP contribution is 2.46. The fraction of sp³-hybridized carbons (Fsp3) is 0.250. The van der Waals surface area contributed by atoms with E-state index in [0.717, 1.165) is 11.4 Å². The molecule has 5 rings (SSSR count). The average Bonchev–Trinajstić information content (AvgIpc) is 2.83. The van der Waals surface area contributed by atoms with E-state index in [4.69, 9.17) is 0 Å². The van der Waals surface area contributed by atoms with Crippen molar-refractivity contribution in [1.82, 2.24) is 0 Å². The molecule has 1 N–H and O–H groups in total. The average molecular weight is 432 g/mol. The van der Waals surface area contributed by atoms with E-state index in [0.29, 0.717) is 0 Å². The Bertz CT molecular complexity index is 1260. The van der Waals surface area contributed by atoms with Crippen LogP contribution >= 0.6 is 0 Å². The molecule has 0 fully saturated rings. The molecule has 0 unspecified atom stereocenters. The van der Waals surface area contributed by atoms with Crippen LogP contribution in [0, 0.1) is 0 Å². The lowest BCUT2D eigenvalue weighted by Gasteiger charge is -2.42. The molecule has 0 saturated carbocycles. The summed E-state index contributed by atoms with van der Waals surface area (Å²) in [7, 11) is 0. The van der Waals surface area contributed by atoms with Crippen molar-refractivity contribution in [3.8, 4) is 22.3 Å². The first kappa shape index (κ1) is 21.5. The Morgan fingerprint density at radius 1 is 0.485 bits per heavy atom. The first-order valence-corrected chi connectivity index (χ1v) is 12.0. The summed E-state index contributed by atoms with van der Waals surface area (Å²) in [6, 6.07) is 35.0.